The van der Waals surface area contributed by atoms with Crippen molar-refractivity contribution in [2.45, 2.75) is 77.9 Å². The zero-order valence-corrected chi connectivity index (χ0v) is 18.9. The van der Waals surface area contributed by atoms with E-state index in [1.165, 1.54) is 9.13 Å². The van der Waals surface area contributed by atoms with Crippen molar-refractivity contribution >= 4 is 17.1 Å². The molecule has 1 aliphatic heterocycles. The van der Waals surface area contributed by atoms with Crippen LogP contribution in [0.1, 0.15) is 59.4 Å². The molecule has 0 saturated carbocycles. The monoisotopic (exact) mass is 436 g/mol. The summed E-state index contributed by atoms with van der Waals surface area (Å²) in [6, 6.07) is -0.321. The molecule has 2 aromatic rings. The van der Waals surface area contributed by atoms with Gasteiger partial charge < -0.3 is 18.8 Å². The molecule has 1 fully saturated rings. The lowest BCUT2D eigenvalue weighted by Crippen LogP contribution is -2.42. The zero-order valence-electron chi connectivity index (χ0n) is 18.9. The van der Waals surface area contributed by atoms with Gasteiger partial charge in [0.25, 0.3) is 5.56 Å². The number of imidazole rings is 1. The highest BCUT2D eigenvalue weighted by atomic mass is 16.7. The SMILES string of the molecule is CCOC(=O)CCCC(CC)n1c(=O)c2c(ncn2CC2COC(C)(C)O2)n(C)c1=O. The largest absolute Gasteiger partial charge is 0.466 e. The third-order valence-electron chi connectivity index (χ3n) is 5.58. The van der Waals surface area contributed by atoms with Crippen LogP contribution in [0.15, 0.2) is 15.9 Å². The molecule has 2 atom stereocenters. The van der Waals surface area contributed by atoms with Crippen molar-refractivity contribution in [3.05, 3.63) is 27.2 Å². The summed E-state index contributed by atoms with van der Waals surface area (Å²) < 4.78 is 20.9. The molecule has 10 heteroatoms. The second-order valence-corrected chi connectivity index (χ2v) is 8.30. The van der Waals surface area contributed by atoms with Crippen LogP contribution in [0.5, 0.6) is 0 Å². The van der Waals surface area contributed by atoms with Crippen LogP contribution in [0, 0.1) is 0 Å². The van der Waals surface area contributed by atoms with E-state index >= 15 is 0 Å². The molecule has 0 N–H and O–H groups in total. The first-order valence-electron chi connectivity index (χ1n) is 10.8. The summed E-state index contributed by atoms with van der Waals surface area (Å²) in [5, 5.41) is 0. The Kier molecular flexibility index (Phi) is 7.00. The minimum atomic E-state index is -0.666. The summed E-state index contributed by atoms with van der Waals surface area (Å²) in [6.07, 6.45) is 3.25. The predicted octanol–water partition coefficient (Wildman–Crippen LogP) is 1.73. The number of rotatable bonds is 9. The van der Waals surface area contributed by atoms with E-state index in [0.29, 0.717) is 50.2 Å². The molecule has 172 valence electrons. The molecule has 2 unspecified atom stereocenters. The predicted molar refractivity (Wildman–Crippen MR) is 114 cm³/mol. The number of hydrogen-bond acceptors (Lipinski definition) is 7. The van der Waals surface area contributed by atoms with Crippen LogP contribution in [0.4, 0.5) is 0 Å². The molecule has 31 heavy (non-hydrogen) atoms. The standard InChI is InChI=1S/C21H32N4O6/c1-6-14(9-8-10-16(26)29-7-2)25-19(27)17-18(23(5)20(25)28)22-13-24(17)11-15-12-30-21(3,4)31-15/h13-15H,6-12H2,1-5H3. The number of carbonyl (C=O) groups excluding carboxylic acids is 1. The average Bonchev–Trinajstić information content (AvgIpc) is 3.28. The first-order valence-corrected chi connectivity index (χ1v) is 10.8. The number of hydrogen-bond donors (Lipinski definition) is 0. The highest BCUT2D eigenvalue weighted by Gasteiger charge is 2.33. The lowest BCUT2D eigenvalue weighted by atomic mass is 10.1. The van der Waals surface area contributed by atoms with E-state index in [0.717, 1.165) is 0 Å². The number of aryl methyl sites for hydroxylation is 1. The van der Waals surface area contributed by atoms with Crippen molar-refractivity contribution in [2.24, 2.45) is 7.05 Å². The van der Waals surface area contributed by atoms with Crippen LogP contribution >= 0.6 is 0 Å². The minimum Gasteiger partial charge on any atom is -0.466 e. The second kappa shape index (κ2) is 9.35. The fourth-order valence-corrected chi connectivity index (χ4v) is 4.05. The number of fused-ring (bicyclic) bond motifs is 1. The van der Waals surface area contributed by atoms with Crippen molar-refractivity contribution in [3.8, 4) is 0 Å². The molecule has 10 nitrogen and oxygen atoms in total. The molecule has 3 rings (SSSR count). The maximum Gasteiger partial charge on any atom is 0.332 e. The van der Waals surface area contributed by atoms with Crippen LogP contribution in [-0.2, 0) is 32.6 Å². The number of aromatic nitrogens is 4. The van der Waals surface area contributed by atoms with E-state index in [-0.39, 0.29) is 30.1 Å². The van der Waals surface area contributed by atoms with Gasteiger partial charge in [-0.15, -0.1) is 0 Å². The lowest BCUT2D eigenvalue weighted by molar-refractivity contribution is -0.143. The highest BCUT2D eigenvalue weighted by molar-refractivity contribution is 5.70. The molecule has 0 spiro atoms. The van der Waals surface area contributed by atoms with Crippen LogP contribution in [0.2, 0.25) is 0 Å². The van der Waals surface area contributed by atoms with E-state index < -0.39 is 11.5 Å². The zero-order chi connectivity index (χ0) is 22.8. The molecule has 0 amide bonds. The van der Waals surface area contributed by atoms with Gasteiger partial charge in [-0.1, -0.05) is 6.92 Å². The van der Waals surface area contributed by atoms with Gasteiger partial charge in [-0.2, -0.15) is 0 Å². The van der Waals surface area contributed by atoms with Crippen LogP contribution in [0.25, 0.3) is 11.2 Å². The Bertz CT molecular complexity index is 1050. The van der Waals surface area contributed by atoms with Gasteiger partial charge in [-0.25, -0.2) is 9.78 Å². The molecule has 0 aliphatic carbocycles. The second-order valence-electron chi connectivity index (χ2n) is 8.30. The van der Waals surface area contributed by atoms with Crippen molar-refractivity contribution in [2.75, 3.05) is 13.2 Å². The number of esters is 1. The van der Waals surface area contributed by atoms with E-state index in [9.17, 15) is 14.4 Å². The van der Waals surface area contributed by atoms with Crippen molar-refractivity contribution in [1.29, 1.82) is 0 Å². The van der Waals surface area contributed by atoms with Gasteiger partial charge >= 0.3 is 11.7 Å². The number of carbonyl (C=O) groups is 1. The summed E-state index contributed by atoms with van der Waals surface area (Å²) in [7, 11) is 1.61. The van der Waals surface area contributed by atoms with Gasteiger partial charge in [0.05, 0.1) is 26.1 Å². The maximum absolute atomic E-state index is 13.4. The van der Waals surface area contributed by atoms with Crippen LogP contribution in [0.3, 0.4) is 0 Å². The van der Waals surface area contributed by atoms with E-state index in [1.807, 2.05) is 20.8 Å². The molecule has 1 aliphatic rings. The van der Waals surface area contributed by atoms with E-state index in [4.69, 9.17) is 14.2 Å². The van der Waals surface area contributed by atoms with E-state index in [1.54, 1.807) is 24.9 Å². The van der Waals surface area contributed by atoms with Crippen LogP contribution < -0.4 is 11.2 Å². The summed E-state index contributed by atoms with van der Waals surface area (Å²) in [5.41, 5.74) is -0.0888. The molecule has 0 aromatic carbocycles. The van der Waals surface area contributed by atoms with Gasteiger partial charge in [-0.05, 0) is 40.0 Å². The summed E-state index contributed by atoms with van der Waals surface area (Å²) in [6.45, 7) is 8.52. The fraction of sp³-hybridized carbons (Fsp3) is 0.714. The Morgan fingerprint density at radius 2 is 2.10 bits per heavy atom. The summed E-state index contributed by atoms with van der Waals surface area (Å²) >= 11 is 0. The van der Waals surface area contributed by atoms with Gasteiger partial charge in [0, 0.05) is 19.5 Å². The fourth-order valence-electron chi connectivity index (χ4n) is 4.05. The molecule has 3 heterocycles. The third kappa shape index (κ3) is 4.90. The van der Waals surface area contributed by atoms with Gasteiger partial charge in [0.1, 0.15) is 6.10 Å². The summed E-state index contributed by atoms with van der Waals surface area (Å²) in [5.74, 6) is -0.937. The highest BCUT2D eigenvalue weighted by Crippen LogP contribution is 2.24. The van der Waals surface area contributed by atoms with Crippen molar-refractivity contribution < 1.29 is 19.0 Å². The molecule has 0 bridgehead atoms. The first kappa shape index (κ1) is 23.2. The minimum absolute atomic E-state index is 0.218. The Hall–Kier alpha value is -2.46. The summed E-state index contributed by atoms with van der Waals surface area (Å²) in [4.78, 5) is 42.3. The molecule has 0 radical (unpaired) electrons. The molecule has 1 saturated heterocycles. The average molecular weight is 437 g/mol. The van der Waals surface area contributed by atoms with Gasteiger partial charge in [0.2, 0.25) is 0 Å². The number of nitrogens with zero attached hydrogens (tertiary/aromatic N) is 4. The molecular formula is C21H32N4O6. The normalized spacial score (nSPS) is 19.1. The Labute approximate surface area is 180 Å². The van der Waals surface area contributed by atoms with Gasteiger partial charge in [0.15, 0.2) is 17.0 Å². The van der Waals surface area contributed by atoms with Gasteiger partial charge in [-0.3, -0.25) is 18.7 Å². The van der Waals surface area contributed by atoms with Crippen molar-refractivity contribution in [1.82, 2.24) is 18.7 Å². The Balaban J connectivity index is 1.91. The number of ether oxygens (including phenoxy) is 3. The lowest BCUT2D eigenvalue weighted by Gasteiger charge is -2.19. The molecule has 2 aromatic heterocycles. The molecular weight excluding hydrogens is 404 g/mol. The van der Waals surface area contributed by atoms with Crippen LogP contribution in [-0.4, -0.2) is 49.8 Å². The first-order chi connectivity index (χ1) is 14.7. The quantitative estimate of drug-likeness (QED) is 0.551. The smallest absolute Gasteiger partial charge is 0.332 e. The topological polar surface area (TPSA) is 107 Å². The Morgan fingerprint density at radius 3 is 2.71 bits per heavy atom. The maximum atomic E-state index is 13.4. The van der Waals surface area contributed by atoms with E-state index in [2.05, 4.69) is 4.98 Å². The third-order valence-corrected chi connectivity index (χ3v) is 5.58. The van der Waals surface area contributed by atoms with Crippen molar-refractivity contribution in [3.63, 3.8) is 0 Å². The Morgan fingerprint density at radius 1 is 1.35 bits per heavy atom.